The molecule has 0 aliphatic carbocycles. The van der Waals surface area contributed by atoms with E-state index in [-0.39, 0.29) is 24.0 Å². The van der Waals surface area contributed by atoms with E-state index in [4.69, 9.17) is 0 Å². The summed E-state index contributed by atoms with van der Waals surface area (Å²) in [5.74, 6) is 2.14. The van der Waals surface area contributed by atoms with Crippen LogP contribution >= 0.6 is 35.7 Å². The number of nitrogens with zero attached hydrogens (tertiary/aromatic N) is 2. The molecule has 0 saturated carbocycles. The van der Waals surface area contributed by atoms with Crippen molar-refractivity contribution in [2.24, 2.45) is 4.99 Å². The quantitative estimate of drug-likeness (QED) is 0.258. The van der Waals surface area contributed by atoms with Crippen molar-refractivity contribution in [3.8, 4) is 0 Å². The largest absolute Gasteiger partial charge is 0.356 e. The van der Waals surface area contributed by atoms with Gasteiger partial charge in [-0.3, -0.25) is 4.99 Å². The van der Waals surface area contributed by atoms with E-state index >= 15 is 0 Å². The first-order chi connectivity index (χ1) is 11.3. The smallest absolute Gasteiger partial charge is 0.190 e. The van der Waals surface area contributed by atoms with Crippen molar-refractivity contribution in [1.82, 2.24) is 15.2 Å². The molecule has 0 fully saturated rings. The van der Waals surface area contributed by atoms with Crippen molar-refractivity contribution >= 4 is 52.6 Å². The van der Waals surface area contributed by atoms with Crippen LogP contribution in [0, 0.1) is 0 Å². The van der Waals surface area contributed by atoms with Crippen LogP contribution in [0.1, 0.15) is 19.3 Å². The third-order valence-electron chi connectivity index (χ3n) is 3.84. The molecule has 1 heterocycles. The minimum Gasteiger partial charge on any atom is -0.356 e. The minimum absolute atomic E-state index is 0. The van der Waals surface area contributed by atoms with Gasteiger partial charge in [0.05, 0.1) is 0 Å². The Morgan fingerprint density at radius 3 is 2.58 bits per heavy atom. The molecule has 2 N–H and O–H groups in total. The van der Waals surface area contributed by atoms with Crippen molar-refractivity contribution in [3.05, 3.63) is 36.5 Å². The second kappa shape index (κ2) is 12.5. The Labute approximate surface area is 166 Å². The molecule has 24 heavy (non-hydrogen) atoms. The Bertz CT molecular complexity index is 612. The van der Waals surface area contributed by atoms with Crippen LogP contribution < -0.4 is 10.6 Å². The van der Waals surface area contributed by atoms with Gasteiger partial charge in [-0.1, -0.05) is 18.2 Å². The van der Waals surface area contributed by atoms with Crippen LogP contribution in [0.25, 0.3) is 10.9 Å². The number of aliphatic imine (C=N–C) groups is 1. The van der Waals surface area contributed by atoms with Crippen LogP contribution in [0.4, 0.5) is 0 Å². The van der Waals surface area contributed by atoms with Gasteiger partial charge in [0.1, 0.15) is 0 Å². The maximum Gasteiger partial charge on any atom is 0.190 e. The number of fused-ring (bicyclic) bond motifs is 1. The zero-order chi connectivity index (χ0) is 16.3. The summed E-state index contributed by atoms with van der Waals surface area (Å²) in [5.41, 5.74) is 1.31. The fourth-order valence-electron chi connectivity index (χ4n) is 2.59. The molecule has 0 unspecified atom stereocenters. The van der Waals surface area contributed by atoms with Gasteiger partial charge in [0.15, 0.2) is 5.96 Å². The number of hydrogen-bond acceptors (Lipinski definition) is 2. The molecular formula is C18H29IN4S. The number of para-hydroxylation sites is 1. The summed E-state index contributed by atoms with van der Waals surface area (Å²) in [6.07, 6.45) is 7.85. The van der Waals surface area contributed by atoms with Gasteiger partial charge in [-0.15, -0.1) is 24.0 Å². The summed E-state index contributed by atoms with van der Waals surface area (Å²) < 4.78 is 2.32. The molecule has 2 aromatic rings. The van der Waals surface area contributed by atoms with Gasteiger partial charge >= 0.3 is 0 Å². The molecule has 1 aromatic carbocycles. The van der Waals surface area contributed by atoms with Gasteiger partial charge in [-0.25, -0.2) is 0 Å². The number of guanidine groups is 1. The highest BCUT2D eigenvalue weighted by Gasteiger charge is 2.00. The lowest BCUT2D eigenvalue weighted by Gasteiger charge is -2.12. The second-order valence-electron chi connectivity index (χ2n) is 5.55. The second-order valence-corrected chi connectivity index (χ2v) is 6.53. The fraction of sp³-hybridized carbons (Fsp3) is 0.500. The standard InChI is InChI=1S/C18H28N4S.HI/c1-19-18(20-11-5-6-15-23-2)21-12-7-13-22-14-10-16-8-3-4-9-17(16)22;/h3-4,8-10,14H,5-7,11-13,15H2,1-2H3,(H2,19,20,21);1H. The molecule has 0 aliphatic heterocycles. The Morgan fingerprint density at radius 2 is 1.83 bits per heavy atom. The van der Waals surface area contributed by atoms with Crippen molar-refractivity contribution in [2.45, 2.75) is 25.8 Å². The highest BCUT2D eigenvalue weighted by atomic mass is 127. The van der Waals surface area contributed by atoms with Crippen LogP contribution in [0.5, 0.6) is 0 Å². The van der Waals surface area contributed by atoms with E-state index in [0.29, 0.717) is 0 Å². The molecule has 0 saturated heterocycles. The Morgan fingerprint density at radius 1 is 1.08 bits per heavy atom. The summed E-state index contributed by atoms with van der Waals surface area (Å²) in [6, 6.07) is 10.7. The van der Waals surface area contributed by atoms with Crippen LogP contribution in [0.3, 0.4) is 0 Å². The average Bonchev–Trinajstić information content (AvgIpc) is 3.00. The Balaban J connectivity index is 0.00000288. The van der Waals surface area contributed by atoms with Crippen molar-refractivity contribution < 1.29 is 0 Å². The number of hydrogen-bond donors (Lipinski definition) is 2. The molecule has 2 rings (SSSR count). The van der Waals surface area contributed by atoms with Crippen LogP contribution in [0.15, 0.2) is 41.5 Å². The molecule has 4 nitrogen and oxygen atoms in total. The molecule has 6 heteroatoms. The third-order valence-corrected chi connectivity index (χ3v) is 4.54. The van der Waals surface area contributed by atoms with Crippen LogP contribution in [-0.2, 0) is 6.54 Å². The number of halogens is 1. The summed E-state index contributed by atoms with van der Waals surface area (Å²) >= 11 is 1.91. The maximum absolute atomic E-state index is 4.27. The summed E-state index contributed by atoms with van der Waals surface area (Å²) in [7, 11) is 1.83. The van der Waals surface area contributed by atoms with E-state index in [2.05, 4.69) is 63.0 Å². The molecule has 0 radical (unpaired) electrons. The topological polar surface area (TPSA) is 41.4 Å². The molecule has 134 valence electrons. The molecule has 0 aliphatic rings. The summed E-state index contributed by atoms with van der Waals surface area (Å²) in [6.45, 7) is 2.94. The van der Waals surface area contributed by atoms with Crippen LogP contribution in [-0.4, -0.2) is 42.7 Å². The number of unbranched alkanes of at least 4 members (excludes halogenated alkanes) is 1. The molecule has 0 bridgehead atoms. The molecule has 0 amide bonds. The maximum atomic E-state index is 4.27. The first kappa shape index (κ1) is 21.2. The van der Waals surface area contributed by atoms with E-state index in [1.54, 1.807) is 0 Å². The normalized spacial score (nSPS) is 11.3. The van der Waals surface area contributed by atoms with Crippen molar-refractivity contribution in [1.29, 1.82) is 0 Å². The first-order valence-electron chi connectivity index (χ1n) is 8.32. The monoisotopic (exact) mass is 460 g/mol. The Hall–Kier alpha value is -0.890. The number of benzene rings is 1. The van der Waals surface area contributed by atoms with Gasteiger partial charge in [-0.2, -0.15) is 11.8 Å². The molecule has 0 atom stereocenters. The fourth-order valence-corrected chi connectivity index (χ4v) is 3.08. The van der Waals surface area contributed by atoms with E-state index in [9.17, 15) is 0 Å². The van der Waals surface area contributed by atoms with Gasteiger partial charge in [0.2, 0.25) is 0 Å². The zero-order valence-electron chi connectivity index (χ0n) is 14.6. The summed E-state index contributed by atoms with van der Waals surface area (Å²) in [5, 5.41) is 8.07. The Kier molecular flexibility index (Phi) is 11.0. The van der Waals surface area contributed by atoms with Crippen molar-refractivity contribution in [2.75, 3.05) is 32.1 Å². The van der Waals surface area contributed by atoms with E-state index < -0.39 is 0 Å². The van der Waals surface area contributed by atoms with E-state index in [1.165, 1.54) is 29.5 Å². The molecule has 0 spiro atoms. The zero-order valence-corrected chi connectivity index (χ0v) is 17.8. The van der Waals surface area contributed by atoms with Gasteiger partial charge in [-0.05, 0) is 48.8 Å². The highest BCUT2D eigenvalue weighted by molar-refractivity contribution is 14.0. The first-order valence-corrected chi connectivity index (χ1v) is 9.72. The molecule has 1 aromatic heterocycles. The summed E-state index contributed by atoms with van der Waals surface area (Å²) in [4.78, 5) is 4.27. The SMILES string of the molecule is CN=C(NCCCCSC)NCCCn1ccc2ccccc21.I. The van der Waals surface area contributed by atoms with E-state index in [0.717, 1.165) is 32.0 Å². The minimum atomic E-state index is 0. The van der Waals surface area contributed by atoms with Gasteiger partial charge in [0.25, 0.3) is 0 Å². The van der Waals surface area contributed by atoms with E-state index in [1.807, 2.05) is 18.8 Å². The van der Waals surface area contributed by atoms with Crippen LogP contribution in [0.2, 0.25) is 0 Å². The predicted molar refractivity (Wildman–Crippen MR) is 119 cm³/mol. The lowest BCUT2D eigenvalue weighted by molar-refractivity contribution is 0.638. The molecular weight excluding hydrogens is 431 g/mol. The number of nitrogens with one attached hydrogen (secondary N) is 2. The number of rotatable bonds is 9. The highest BCUT2D eigenvalue weighted by Crippen LogP contribution is 2.15. The lowest BCUT2D eigenvalue weighted by Crippen LogP contribution is -2.38. The predicted octanol–water partition coefficient (Wildman–Crippen LogP) is 3.96. The number of aromatic nitrogens is 1. The lowest BCUT2D eigenvalue weighted by atomic mass is 10.2. The van der Waals surface area contributed by atoms with Crippen molar-refractivity contribution in [3.63, 3.8) is 0 Å². The number of aryl methyl sites for hydroxylation is 1. The van der Waals surface area contributed by atoms with Gasteiger partial charge < -0.3 is 15.2 Å². The van der Waals surface area contributed by atoms with Gasteiger partial charge in [0, 0.05) is 38.4 Å². The third kappa shape index (κ3) is 6.93. The number of thioether (sulfide) groups is 1. The average molecular weight is 460 g/mol.